The molecule has 3 aliphatic carbocycles. The van der Waals surface area contributed by atoms with Crippen LogP contribution in [0.15, 0.2) is 42.5 Å². The number of benzene rings is 2. The van der Waals surface area contributed by atoms with E-state index in [1.54, 1.807) is 11.0 Å². The van der Waals surface area contributed by atoms with E-state index in [-0.39, 0.29) is 28.8 Å². The number of rotatable bonds is 3. The van der Waals surface area contributed by atoms with Gasteiger partial charge in [-0.3, -0.25) is 0 Å². The number of hydrogen-bond donors (Lipinski definition) is 2. The van der Waals surface area contributed by atoms with Crippen molar-refractivity contribution in [3.05, 3.63) is 65.0 Å². The zero-order valence-corrected chi connectivity index (χ0v) is 20.5. The highest BCUT2D eigenvalue weighted by atomic mass is 19.1. The molecule has 36 heavy (non-hydrogen) atoms. The number of hydrogen-bond acceptors (Lipinski definition) is 3. The van der Waals surface area contributed by atoms with Gasteiger partial charge in [-0.05, 0) is 84.9 Å². The second-order valence-electron chi connectivity index (χ2n) is 10.9. The van der Waals surface area contributed by atoms with Gasteiger partial charge in [-0.25, -0.2) is 14.0 Å². The maximum Gasteiger partial charge on any atom is 0.322 e. The Bertz CT molecular complexity index is 1140. The second kappa shape index (κ2) is 9.07. The molecule has 2 N–H and O–H groups in total. The summed E-state index contributed by atoms with van der Waals surface area (Å²) >= 11 is 0. The highest BCUT2D eigenvalue weighted by molar-refractivity contribution is 5.89. The van der Waals surface area contributed by atoms with Gasteiger partial charge >= 0.3 is 12.1 Å². The summed E-state index contributed by atoms with van der Waals surface area (Å²) in [4.78, 5) is 29.2. The lowest BCUT2D eigenvalue weighted by Gasteiger charge is -2.54. The lowest BCUT2D eigenvalue weighted by molar-refractivity contribution is 0.0410. The predicted octanol–water partition coefficient (Wildman–Crippen LogP) is 4.76. The molecular formula is C28H33FN4O3. The average Bonchev–Trinajstić information content (AvgIpc) is 3.34. The number of nitrogens with zero attached hydrogens (tertiary/aromatic N) is 2. The number of halogens is 1. The summed E-state index contributed by atoms with van der Waals surface area (Å²) in [5.74, 6) is -0.270. The first-order chi connectivity index (χ1) is 17.4. The monoisotopic (exact) mass is 492 g/mol. The first kappa shape index (κ1) is 23.3. The average molecular weight is 493 g/mol. The standard InChI is InChI=1S/C28H33FN4O3/c29-23-4-1-20-18-33(19-21(20)17-23)25(34)30-24-5-2-22(3-6-24)27-7-10-28(11-8-27,12-9-27)31-26(35)32-13-15-36-16-14-32/h1-6,17H,7-16,18-19H2,(H,30,34)(H,31,35). The smallest absolute Gasteiger partial charge is 0.322 e. The van der Waals surface area contributed by atoms with Crippen LogP contribution in [0.3, 0.4) is 0 Å². The maximum atomic E-state index is 13.5. The van der Waals surface area contributed by atoms with Crippen LogP contribution < -0.4 is 10.6 Å². The largest absolute Gasteiger partial charge is 0.378 e. The molecule has 7 nitrogen and oxygen atoms in total. The van der Waals surface area contributed by atoms with E-state index in [1.807, 2.05) is 17.0 Å². The maximum absolute atomic E-state index is 13.5. The van der Waals surface area contributed by atoms with Crippen molar-refractivity contribution < 1.29 is 18.7 Å². The fourth-order valence-corrected chi connectivity index (χ4v) is 6.49. The number of ether oxygens (including phenoxy) is 1. The third-order valence-electron chi connectivity index (χ3n) is 8.84. The number of nitrogens with one attached hydrogen (secondary N) is 2. The quantitative estimate of drug-likeness (QED) is 0.649. The van der Waals surface area contributed by atoms with E-state index < -0.39 is 0 Å². The predicted molar refractivity (Wildman–Crippen MR) is 134 cm³/mol. The van der Waals surface area contributed by atoms with Gasteiger partial charge in [0, 0.05) is 37.4 Å². The van der Waals surface area contributed by atoms with Crippen LogP contribution in [0, 0.1) is 5.82 Å². The zero-order valence-electron chi connectivity index (χ0n) is 20.5. The van der Waals surface area contributed by atoms with Crippen LogP contribution in [0.1, 0.15) is 55.2 Å². The molecule has 8 heteroatoms. The van der Waals surface area contributed by atoms with Gasteiger partial charge in [-0.2, -0.15) is 0 Å². The van der Waals surface area contributed by atoms with Crippen molar-refractivity contribution in [2.75, 3.05) is 31.6 Å². The van der Waals surface area contributed by atoms with E-state index in [1.165, 1.54) is 17.7 Å². The minimum Gasteiger partial charge on any atom is -0.378 e. The molecule has 0 atom stereocenters. The number of amides is 4. The summed E-state index contributed by atoms with van der Waals surface area (Å²) < 4.78 is 18.9. The Labute approximate surface area is 211 Å². The fourth-order valence-electron chi connectivity index (χ4n) is 6.49. The van der Waals surface area contributed by atoms with Gasteiger partial charge in [0.05, 0.1) is 13.2 Å². The molecule has 2 heterocycles. The Balaban J connectivity index is 1.05. The number of carbonyl (C=O) groups is 2. The van der Waals surface area contributed by atoms with Crippen LogP contribution in [0.4, 0.5) is 19.7 Å². The molecule has 1 saturated heterocycles. The number of urea groups is 2. The Hall–Kier alpha value is -3.13. The van der Waals surface area contributed by atoms with Crippen LogP contribution in [-0.2, 0) is 23.2 Å². The molecule has 0 spiro atoms. The Morgan fingerprint density at radius 2 is 1.47 bits per heavy atom. The van der Waals surface area contributed by atoms with Crippen molar-refractivity contribution in [2.24, 2.45) is 0 Å². The first-order valence-electron chi connectivity index (χ1n) is 13.0. The van der Waals surface area contributed by atoms with Gasteiger partial charge in [0.2, 0.25) is 0 Å². The Kier molecular flexibility index (Phi) is 5.86. The van der Waals surface area contributed by atoms with E-state index in [0.717, 1.165) is 55.3 Å². The molecule has 5 aliphatic rings. The number of morpholine rings is 1. The normalized spacial score (nSPS) is 27.0. The summed E-state index contributed by atoms with van der Waals surface area (Å²) in [7, 11) is 0. The molecule has 0 radical (unpaired) electrons. The minimum atomic E-state index is -0.270. The SMILES string of the molecule is O=C(Nc1ccc(C23CCC(NC(=O)N4CCOCC4)(CC2)CC3)cc1)N1Cc2ccc(F)cc2C1. The van der Waals surface area contributed by atoms with Crippen molar-refractivity contribution in [1.82, 2.24) is 15.1 Å². The van der Waals surface area contributed by atoms with Gasteiger partial charge in [-0.15, -0.1) is 0 Å². The minimum absolute atomic E-state index is 0.0547. The van der Waals surface area contributed by atoms with Crippen LogP contribution in [-0.4, -0.2) is 53.7 Å². The summed E-state index contributed by atoms with van der Waals surface area (Å²) in [6.45, 7) is 3.48. The van der Waals surface area contributed by atoms with Crippen molar-refractivity contribution in [3.8, 4) is 0 Å². The summed E-state index contributed by atoms with van der Waals surface area (Å²) in [6, 6.07) is 12.9. The Morgan fingerprint density at radius 1 is 0.806 bits per heavy atom. The van der Waals surface area contributed by atoms with Crippen LogP contribution >= 0.6 is 0 Å². The topological polar surface area (TPSA) is 73.9 Å². The molecule has 3 saturated carbocycles. The van der Waals surface area contributed by atoms with E-state index >= 15 is 0 Å². The summed E-state index contributed by atoms with van der Waals surface area (Å²) in [5.41, 5.74) is 4.01. The van der Waals surface area contributed by atoms with Gasteiger partial charge in [0.25, 0.3) is 0 Å². The van der Waals surface area contributed by atoms with Crippen molar-refractivity contribution in [1.29, 1.82) is 0 Å². The van der Waals surface area contributed by atoms with E-state index in [0.29, 0.717) is 39.4 Å². The highest BCUT2D eigenvalue weighted by Gasteiger charge is 2.50. The van der Waals surface area contributed by atoms with Crippen LogP contribution in [0.5, 0.6) is 0 Å². The first-order valence-corrected chi connectivity index (χ1v) is 13.0. The fraction of sp³-hybridized carbons (Fsp3) is 0.500. The lowest BCUT2D eigenvalue weighted by atomic mass is 9.55. The van der Waals surface area contributed by atoms with E-state index in [2.05, 4.69) is 22.8 Å². The molecule has 2 aliphatic heterocycles. The molecule has 0 aromatic heterocycles. The molecular weight excluding hydrogens is 459 g/mol. The molecule has 7 rings (SSSR count). The summed E-state index contributed by atoms with van der Waals surface area (Å²) in [5, 5.41) is 6.38. The third kappa shape index (κ3) is 4.32. The van der Waals surface area contributed by atoms with Crippen molar-refractivity contribution >= 4 is 17.7 Å². The molecule has 190 valence electrons. The highest BCUT2D eigenvalue weighted by Crippen LogP contribution is 2.53. The molecule has 2 aromatic carbocycles. The molecule has 2 bridgehead atoms. The van der Waals surface area contributed by atoms with Crippen molar-refractivity contribution in [2.45, 2.75) is 62.6 Å². The number of fused-ring (bicyclic) bond motifs is 4. The van der Waals surface area contributed by atoms with Gasteiger partial charge in [0.15, 0.2) is 0 Å². The van der Waals surface area contributed by atoms with Gasteiger partial charge in [-0.1, -0.05) is 18.2 Å². The Morgan fingerprint density at radius 3 is 2.17 bits per heavy atom. The van der Waals surface area contributed by atoms with Crippen LogP contribution in [0.2, 0.25) is 0 Å². The molecule has 2 aromatic rings. The van der Waals surface area contributed by atoms with Gasteiger partial charge in [0.1, 0.15) is 5.82 Å². The van der Waals surface area contributed by atoms with Crippen LogP contribution in [0.25, 0.3) is 0 Å². The second-order valence-corrected chi connectivity index (χ2v) is 10.9. The number of carbonyl (C=O) groups excluding carboxylic acids is 2. The third-order valence-corrected chi connectivity index (χ3v) is 8.84. The zero-order chi connectivity index (χ0) is 24.8. The van der Waals surface area contributed by atoms with E-state index in [4.69, 9.17) is 4.74 Å². The molecule has 4 amide bonds. The molecule has 0 unspecified atom stereocenters. The molecule has 4 fully saturated rings. The van der Waals surface area contributed by atoms with E-state index in [9.17, 15) is 14.0 Å². The van der Waals surface area contributed by atoms with Crippen molar-refractivity contribution in [3.63, 3.8) is 0 Å². The lowest BCUT2D eigenvalue weighted by Crippen LogP contribution is -2.60. The van der Waals surface area contributed by atoms with Gasteiger partial charge < -0.3 is 25.2 Å². The summed E-state index contributed by atoms with van der Waals surface area (Å²) in [6.07, 6.45) is 6.17. The number of anilines is 1.